The zero-order chi connectivity index (χ0) is 21.2. The van der Waals surface area contributed by atoms with Crippen molar-refractivity contribution in [2.45, 2.75) is 70.9 Å². The molecule has 0 bridgehead atoms. The predicted molar refractivity (Wildman–Crippen MR) is 117 cm³/mol. The third kappa shape index (κ3) is 5.31. The second kappa shape index (κ2) is 8.10. The maximum absolute atomic E-state index is 12.7. The summed E-state index contributed by atoms with van der Waals surface area (Å²) in [7, 11) is 1.64. The molecule has 0 fully saturated rings. The zero-order valence-corrected chi connectivity index (χ0v) is 18.5. The molecule has 0 aromatic heterocycles. The Hall–Kier alpha value is -2.49. The van der Waals surface area contributed by atoms with Gasteiger partial charge in [0.15, 0.2) is 0 Å². The number of rotatable bonds is 5. The number of fused-ring (bicyclic) bond motifs is 1. The molecule has 0 saturated carbocycles. The molecule has 29 heavy (non-hydrogen) atoms. The summed E-state index contributed by atoms with van der Waals surface area (Å²) in [5, 5.41) is 3.21. The Morgan fingerprint density at radius 1 is 1.17 bits per heavy atom. The van der Waals surface area contributed by atoms with Crippen molar-refractivity contribution < 1.29 is 14.3 Å². The van der Waals surface area contributed by atoms with Crippen LogP contribution in [0.25, 0.3) is 0 Å². The number of carbonyl (C=O) groups is 1. The van der Waals surface area contributed by atoms with Gasteiger partial charge in [0.1, 0.15) is 17.1 Å². The number of methoxy groups -OCH3 is 1. The Morgan fingerprint density at radius 3 is 2.48 bits per heavy atom. The van der Waals surface area contributed by atoms with Crippen molar-refractivity contribution in [2.24, 2.45) is 0 Å². The van der Waals surface area contributed by atoms with Crippen molar-refractivity contribution in [3.05, 3.63) is 59.2 Å². The van der Waals surface area contributed by atoms with Crippen molar-refractivity contribution in [3.8, 4) is 11.5 Å². The van der Waals surface area contributed by atoms with Crippen LogP contribution in [-0.2, 0) is 16.6 Å². The Kier molecular flexibility index (Phi) is 5.92. The third-order valence-electron chi connectivity index (χ3n) is 5.47. The number of hydrogen-bond donors (Lipinski definition) is 1. The van der Waals surface area contributed by atoms with E-state index in [1.165, 1.54) is 11.1 Å². The molecule has 1 N–H and O–H groups in total. The highest BCUT2D eigenvalue weighted by Gasteiger charge is 2.34. The molecule has 1 atom stereocenters. The monoisotopic (exact) mass is 395 g/mol. The highest BCUT2D eigenvalue weighted by Crippen LogP contribution is 2.41. The van der Waals surface area contributed by atoms with E-state index in [1.807, 2.05) is 32.0 Å². The number of carbonyl (C=O) groups excluding carboxylic acids is 1. The van der Waals surface area contributed by atoms with Crippen LogP contribution in [0.4, 0.5) is 0 Å². The van der Waals surface area contributed by atoms with Crippen LogP contribution in [0.3, 0.4) is 0 Å². The molecule has 1 unspecified atom stereocenters. The standard InChI is InChI=1S/C25H33NO3/c1-24(2,3)18-10-7-17(8-11-18)9-14-23(27)26-21-16-25(4,5)29-22-15-19(28-6)12-13-20(21)22/h7-8,10-13,15,21H,9,14,16H2,1-6H3,(H,26,27). The van der Waals surface area contributed by atoms with E-state index in [0.717, 1.165) is 29.9 Å². The molecule has 4 heteroatoms. The second-order valence-corrected chi connectivity index (χ2v) is 9.54. The number of amides is 1. The van der Waals surface area contributed by atoms with Gasteiger partial charge in [-0.3, -0.25) is 4.79 Å². The Bertz CT molecular complexity index is 863. The fourth-order valence-electron chi connectivity index (χ4n) is 3.78. The molecule has 0 radical (unpaired) electrons. The average molecular weight is 396 g/mol. The SMILES string of the molecule is COc1ccc2c(c1)OC(C)(C)CC2NC(=O)CCc1ccc(C(C)(C)C)cc1. The van der Waals surface area contributed by atoms with Crippen LogP contribution in [0.15, 0.2) is 42.5 Å². The molecule has 2 aromatic rings. The van der Waals surface area contributed by atoms with Crippen LogP contribution in [-0.4, -0.2) is 18.6 Å². The first-order valence-corrected chi connectivity index (χ1v) is 10.3. The van der Waals surface area contributed by atoms with E-state index in [9.17, 15) is 4.79 Å². The van der Waals surface area contributed by atoms with Crippen molar-refractivity contribution in [1.29, 1.82) is 0 Å². The van der Waals surface area contributed by atoms with Crippen LogP contribution in [0.1, 0.15) is 70.2 Å². The fraction of sp³-hybridized carbons (Fsp3) is 0.480. The zero-order valence-electron chi connectivity index (χ0n) is 18.5. The highest BCUT2D eigenvalue weighted by molar-refractivity contribution is 5.77. The van der Waals surface area contributed by atoms with Gasteiger partial charge in [0.05, 0.1) is 13.2 Å². The van der Waals surface area contributed by atoms with E-state index >= 15 is 0 Å². The maximum atomic E-state index is 12.7. The van der Waals surface area contributed by atoms with Gasteiger partial charge in [0, 0.05) is 24.5 Å². The summed E-state index contributed by atoms with van der Waals surface area (Å²) < 4.78 is 11.4. The Labute approximate surface area is 174 Å². The van der Waals surface area contributed by atoms with Crippen LogP contribution in [0, 0.1) is 0 Å². The molecule has 1 amide bonds. The van der Waals surface area contributed by atoms with Gasteiger partial charge in [-0.2, -0.15) is 0 Å². The molecule has 1 heterocycles. The average Bonchev–Trinajstić information content (AvgIpc) is 2.64. The van der Waals surface area contributed by atoms with Gasteiger partial charge in [-0.25, -0.2) is 0 Å². The number of benzene rings is 2. The van der Waals surface area contributed by atoms with E-state index < -0.39 is 0 Å². The van der Waals surface area contributed by atoms with Gasteiger partial charge in [-0.15, -0.1) is 0 Å². The van der Waals surface area contributed by atoms with E-state index in [1.54, 1.807) is 7.11 Å². The molecule has 0 saturated heterocycles. The van der Waals surface area contributed by atoms with Crippen LogP contribution in [0.5, 0.6) is 11.5 Å². The molecule has 156 valence electrons. The number of nitrogens with one attached hydrogen (secondary N) is 1. The number of aryl methyl sites for hydroxylation is 1. The summed E-state index contributed by atoms with van der Waals surface area (Å²) in [5.74, 6) is 1.60. The summed E-state index contributed by atoms with van der Waals surface area (Å²) in [6.45, 7) is 10.7. The van der Waals surface area contributed by atoms with Crippen molar-refractivity contribution in [3.63, 3.8) is 0 Å². The van der Waals surface area contributed by atoms with Crippen LogP contribution in [0.2, 0.25) is 0 Å². The van der Waals surface area contributed by atoms with E-state index in [2.05, 4.69) is 50.4 Å². The largest absolute Gasteiger partial charge is 0.497 e. The molecule has 1 aliphatic rings. The molecular weight excluding hydrogens is 362 g/mol. The molecule has 0 spiro atoms. The first-order chi connectivity index (χ1) is 13.6. The lowest BCUT2D eigenvalue weighted by Crippen LogP contribution is -2.41. The van der Waals surface area contributed by atoms with Gasteiger partial charge in [0.2, 0.25) is 5.91 Å². The number of ether oxygens (including phenoxy) is 2. The minimum absolute atomic E-state index is 0.0598. The first-order valence-electron chi connectivity index (χ1n) is 10.3. The molecular formula is C25H33NO3. The van der Waals surface area contributed by atoms with E-state index in [-0.39, 0.29) is 23.0 Å². The van der Waals surface area contributed by atoms with Crippen molar-refractivity contribution >= 4 is 5.91 Å². The lowest BCUT2D eigenvalue weighted by atomic mass is 9.86. The molecule has 4 nitrogen and oxygen atoms in total. The molecule has 2 aromatic carbocycles. The molecule has 0 aliphatic carbocycles. The summed E-state index contributed by atoms with van der Waals surface area (Å²) >= 11 is 0. The van der Waals surface area contributed by atoms with Crippen molar-refractivity contribution in [1.82, 2.24) is 5.32 Å². The first kappa shape index (κ1) is 21.2. The normalized spacial score (nSPS) is 17.8. The van der Waals surface area contributed by atoms with Gasteiger partial charge in [-0.05, 0) is 48.9 Å². The number of hydrogen-bond acceptors (Lipinski definition) is 3. The van der Waals surface area contributed by atoms with Crippen molar-refractivity contribution in [2.75, 3.05) is 7.11 Å². The van der Waals surface area contributed by atoms with Gasteiger partial charge >= 0.3 is 0 Å². The fourth-order valence-corrected chi connectivity index (χ4v) is 3.78. The minimum Gasteiger partial charge on any atom is -0.497 e. The van der Waals surface area contributed by atoms with Gasteiger partial charge in [-0.1, -0.05) is 45.0 Å². The highest BCUT2D eigenvalue weighted by atomic mass is 16.5. The topological polar surface area (TPSA) is 47.6 Å². The van der Waals surface area contributed by atoms with Crippen LogP contribution < -0.4 is 14.8 Å². The van der Waals surface area contributed by atoms with E-state index in [0.29, 0.717) is 6.42 Å². The minimum atomic E-state index is -0.347. The quantitative estimate of drug-likeness (QED) is 0.743. The Morgan fingerprint density at radius 2 is 1.86 bits per heavy atom. The summed E-state index contributed by atoms with van der Waals surface area (Å²) in [5.41, 5.74) is 3.29. The van der Waals surface area contributed by atoms with E-state index in [4.69, 9.17) is 9.47 Å². The lowest BCUT2D eigenvalue weighted by Gasteiger charge is -2.38. The summed E-state index contributed by atoms with van der Waals surface area (Å²) in [4.78, 5) is 12.7. The summed E-state index contributed by atoms with van der Waals surface area (Å²) in [6, 6.07) is 14.3. The van der Waals surface area contributed by atoms with Crippen LogP contribution >= 0.6 is 0 Å². The Balaban J connectivity index is 1.65. The smallest absolute Gasteiger partial charge is 0.220 e. The molecule has 3 rings (SSSR count). The van der Waals surface area contributed by atoms with Gasteiger partial charge in [0.25, 0.3) is 0 Å². The maximum Gasteiger partial charge on any atom is 0.220 e. The molecule has 1 aliphatic heterocycles. The lowest BCUT2D eigenvalue weighted by molar-refractivity contribution is -0.122. The predicted octanol–water partition coefficient (Wildman–Crippen LogP) is 5.34. The summed E-state index contributed by atoms with van der Waals surface area (Å²) in [6.07, 6.45) is 1.94. The second-order valence-electron chi connectivity index (χ2n) is 9.54. The third-order valence-corrected chi connectivity index (χ3v) is 5.47. The van der Waals surface area contributed by atoms with Gasteiger partial charge < -0.3 is 14.8 Å².